The van der Waals surface area contributed by atoms with E-state index in [1.54, 1.807) is 12.1 Å². The second-order valence-electron chi connectivity index (χ2n) is 3.94. The standard InChI is InChI=1S/C16H14O4/c17-16(18)10-5-11-19-14-8-4-9-15(12-14)20-13-6-2-1-3-7-13/h1-10,12H,11H2,(H,17,18). The minimum atomic E-state index is -0.991. The summed E-state index contributed by atoms with van der Waals surface area (Å²) in [5.41, 5.74) is 0. The smallest absolute Gasteiger partial charge is 0.328 e. The second-order valence-corrected chi connectivity index (χ2v) is 3.94. The molecular weight excluding hydrogens is 256 g/mol. The fourth-order valence-corrected chi connectivity index (χ4v) is 1.55. The number of hydrogen-bond donors (Lipinski definition) is 1. The average molecular weight is 270 g/mol. The van der Waals surface area contributed by atoms with Gasteiger partial charge in [0.05, 0.1) is 0 Å². The SMILES string of the molecule is O=C(O)C=CCOc1cccc(Oc2ccccc2)c1. The van der Waals surface area contributed by atoms with E-state index in [4.69, 9.17) is 14.6 Å². The van der Waals surface area contributed by atoms with Crippen molar-refractivity contribution < 1.29 is 19.4 Å². The van der Waals surface area contributed by atoms with E-state index in [9.17, 15) is 4.79 Å². The zero-order valence-electron chi connectivity index (χ0n) is 10.7. The van der Waals surface area contributed by atoms with Crippen LogP contribution in [0.25, 0.3) is 0 Å². The third-order valence-electron chi connectivity index (χ3n) is 2.39. The number of benzene rings is 2. The van der Waals surface area contributed by atoms with Gasteiger partial charge in [-0.25, -0.2) is 4.79 Å². The van der Waals surface area contributed by atoms with Crippen LogP contribution in [0.3, 0.4) is 0 Å². The first-order valence-electron chi connectivity index (χ1n) is 6.09. The third kappa shape index (κ3) is 4.49. The van der Waals surface area contributed by atoms with E-state index in [1.807, 2.05) is 42.5 Å². The number of carbonyl (C=O) groups is 1. The summed E-state index contributed by atoms with van der Waals surface area (Å²) in [7, 11) is 0. The van der Waals surface area contributed by atoms with Crippen molar-refractivity contribution in [3.8, 4) is 17.2 Å². The van der Waals surface area contributed by atoms with E-state index in [1.165, 1.54) is 6.08 Å². The lowest BCUT2D eigenvalue weighted by Gasteiger charge is -2.08. The largest absolute Gasteiger partial charge is 0.489 e. The number of carboxylic acid groups (broad SMARTS) is 1. The minimum Gasteiger partial charge on any atom is -0.489 e. The van der Waals surface area contributed by atoms with Crippen molar-refractivity contribution in [2.75, 3.05) is 6.61 Å². The van der Waals surface area contributed by atoms with Crippen molar-refractivity contribution in [1.82, 2.24) is 0 Å². The Kier molecular flexibility index (Phi) is 4.78. The quantitative estimate of drug-likeness (QED) is 0.816. The molecule has 2 aromatic rings. The molecule has 0 amide bonds. The predicted molar refractivity (Wildman–Crippen MR) is 75.2 cm³/mol. The molecule has 0 spiro atoms. The maximum atomic E-state index is 10.3. The van der Waals surface area contributed by atoms with E-state index in [2.05, 4.69) is 0 Å². The zero-order chi connectivity index (χ0) is 14.2. The molecule has 0 aromatic heterocycles. The van der Waals surface area contributed by atoms with Crippen LogP contribution in [0.4, 0.5) is 0 Å². The lowest BCUT2D eigenvalue weighted by Crippen LogP contribution is -1.95. The molecule has 20 heavy (non-hydrogen) atoms. The monoisotopic (exact) mass is 270 g/mol. The molecule has 0 aliphatic carbocycles. The second kappa shape index (κ2) is 6.99. The summed E-state index contributed by atoms with van der Waals surface area (Å²) in [6.07, 6.45) is 2.48. The van der Waals surface area contributed by atoms with Crippen LogP contribution < -0.4 is 9.47 Å². The van der Waals surface area contributed by atoms with Gasteiger partial charge in [-0.05, 0) is 30.3 Å². The van der Waals surface area contributed by atoms with Gasteiger partial charge in [-0.2, -0.15) is 0 Å². The van der Waals surface area contributed by atoms with Gasteiger partial charge < -0.3 is 14.6 Å². The van der Waals surface area contributed by atoms with Crippen molar-refractivity contribution in [1.29, 1.82) is 0 Å². The Hall–Kier alpha value is -2.75. The Labute approximate surface area is 116 Å². The fourth-order valence-electron chi connectivity index (χ4n) is 1.55. The Morgan fingerprint density at radius 1 is 1.00 bits per heavy atom. The highest BCUT2D eigenvalue weighted by molar-refractivity contribution is 5.79. The Balaban J connectivity index is 1.96. The Morgan fingerprint density at radius 2 is 1.70 bits per heavy atom. The number of rotatable bonds is 6. The van der Waals surface area contributed by atoms with E-state index in [0.717, 1.165) is 11.8 Å². The van der Waals surface area contributed by atoms with Crippen LogP contribution in [0.5, 0.6) is 17.2 Å². The van der Waals surface area contributed by atoms with Crippen molar-refractivity contribution in [3.05, 3.63) is 66.7 Å². The van der Waals surface area contributed by atoms with Gasteiger partial charge in [-0.3, -0.25) is 0 Å². The molecule has 0 saturated heterocycles. The summed E-state index contributed by atoms with van der Waals surface area (Å²) in [6.45, 7) is 0.196. The lowest BCUT2D eigenvalue weighted by atomic mass is 10.3. The highest BCUT2D eigenvalue weighted by atomic mass is 16.5. The van der Waals surface area contributed by atoms with E-state index in [-0.39, 0.29) is 6.61 Å². The van der Waals surface area contributed by atoms with Gasteiger partial charge in [-0.15, -0.1) is 0 Å². The van der Waals surface area contributed by atoms with Crippen molar-refractivity contribution in [3.63, 3.8) is 0 Å². The molecule has 0 aliphatic heterocycles. The van der Waals surface area contributed by atoms with Gasteiger partial charge in [-0.1, -0.05) is 24.3 Å². The first kappa shape index (κ1) is 13.7. The van der Waals surface area contributed by atoms with Crippen LogP contribution in [0.1, 0.15) is 0 Å². The summed E-state index contributed by atoms with van der Waals surface area (Å²) < 4.78 is 11.1. The molecule has 0 bridgehead atoms. The Bertz CT molecular complexity index is 590. The van der Waals surface area contributed by atoms with Crippen LogP contribution in [-0.2, 0) is 4.79 Å². The highest BCUT2D eigenvalue weighted by Gasteiger charge is 1.99. The molecule has 0 unspecified atom stereocenters. The number of para-hydroxylation sites is 1. The maximum Gasteiger partial charge on any atom is 0.328 e. The summed E-state index contributed by atoms with van der Waals surface area (Å²) in [5.74, 6) is 1.04. The molecule has 4 heteroatoms. The third-order valence-corrected chi connectivity index (χ3v) is 2.39. The van der Waals surface area contributed by atoms with Crippen LogP contribution >= 0.6 is 0 Å². The Morgan fingerprint density at radius 3 is 2.45 bits per heavy atom. The number of carboxylic acids is 1. The summed E-state index contributed by atoms with van der Waals surface area (Å²) in [6, 6.07) is 16.6. The molecule has 0 saturated carbocycles. The normalized spacial score (nSPS) is 10.4. The van der Waals surface area contributed by atoms with Gasteiger partial charge in [0.15, 0.2) is 0 Å². The molecule has 0 aliphatic rings. The van der Waals surface area contributed by atoms with Crippen LogP contribution in [0.2, 0.25) is 0 Å². The highest BCUT2D eigenvalue weighted by Crippen LogP contribution is 2.24. The van der Waals surface area contributed by atoms with Crippen molar-refractivity contribution >= 4 is 5.97 Å². The molecular formula is C16H14O4. The molecule has 2 aromatic carbocycles. The molecule has 0 heterocycles. The van der Waals surface area contributed by atoms with Crippen molar-refractivity contribution in [2.45, 2.75) is 0 Å². The number of ether oxygens (including phenoxy) is 2. The first-order chi connectivity index (χ1) is 9.74. The fraction of sp³-hybridized carbons (Fsp3) is 0.0625. The van der Waals surface area contributed by atoms with E-state index < -0.39 is 5.97 Å². The summed E-state index contributed by atoms with van der Waals surface area (Å²) >= 11 is 0. The van der Waals surface area contributed by atoms with E-state index in [0.29, 0.717) is 11.5 Å². The maximum absolute atomic E-state index is 10.3. The van der Waals surface area contributed by atoms with E-state index >= 15 is 0 Å². The summed E-state index contributed by atoms with van der Waals surface area (Å²) in [5, 5.41) is 8.46. The molecule has 1 N–H and O–H groups in total. The molecule has 0 atom stereocenters. The minimum absolute atomic E-state index is 0.196. The molecule has 2 rings (SSSR count). The van der Waals surface area contributed by atoms with Crippen molar-refractivity contribution in [2.24, 2.45) is 0 Å². The summed E-state index contributed by atoms with van der Waals surface area (Å²) in [4.78, 5) is 10.3. The van der Waals surface area contributed by atoms with Gasteiger partial charge in [0.1, 0.15) is 23.9 Å². The number of hydrogen-bond acceptors (Lipinski definition) is 3. The van der Waals surface area contributed by atoms with Crippen LogP contribution in [0, 0.1) is 0 Å². The van der Waals surface area contributed by atoms with Crippen LogP contribution in [-0.4, -0.2) is 17.7 Å². The molecule has 4 nitrogen and oxygen atoms in total. The van der Waals surface area contributed by atoms with Gasteiger partial charge in [0.2, 0.25) is 0 Å². The molecule has 0 radical (unpaired) electrons. The average Bonchev–Trinajstić information content (AvgIpc) is 2.45. The van der Waals surface area contributed by atoms with Gasteiger partial charge in [0, 0.05) is 12.1 Å². The van der Waals surface area contributed by atoms with Crippen LogP contribution in [0.15, 0.2) is 66.7 Å². The topological polar surface area (TPSA) is 55.8 Å². The van der Waals surface area contributed by atoms with Gasteiger partial charge in [0.25, 0.3) is 0 Å². The lowest BCUT2D eigenvalue weighted by molar-refractivity contribution is -0.131. The number of aliphatic carboxylic acids is 1. The molecule has 0 fully saturated rings. The zero-order valence-corrected chi connectivity index (χ0v) is 10.7. The molecule has 102 valence electrons. The van der Waals surface area contributed by atoms with Gasteiger partial charge >= 0.3 is 5.97 Å². The first-order valence-corrected chi connectivity index (χ1v) is 6.09. The predicted octanol–water partition coefficient (Wildman–Crippen LogP) is 3.50.